The molecule has 2 aliphatic rings. The summed E-state index contributed by atoms with van der Waals surface area (Å²) in [5.74, 6) is -2.90. The normalized spacial score (nSPS) is 19.8. The number of amides is 3. The third-order valence-corrected chi connectivity index (χ3v) is 10.9. The van der Waals surface area contributed by atoms with Crippen LogP contribution in [0.15, 0.2) is 94.1 Å². The quantitative estimate of drug-likeness (QED) is 0.261. The van der Waals surface area contributed by atoms with Crippen LogP contribution in [0.2, 0.25) is 0 Å². The molecular weight excluding hydrogens is 582 g/mol. The molecule has 4 heterocycles. The van der Waals surface area contributed by atoms with Crippen LogP contribution < -0.4 is 15.1 Å². The van der Waals surface area contributed by atoms with E-state index in [0.29, 0.717) is 21.3 Å². The van der Waals surface area contributed by atoms with Gasteiger partial charge in [-0.3, -0.25) is 23.7 Å². The van der Waals surface area contributed by atoms with E-state index >= 15 is 0 Å². The van der Waals surface area contributed by atoms with Crippen molar-refractivity contribution in [2.75, 3.05) is 10.2 Å². The zero-order valence-electron chi connectivity index (χ0n) is 21.2. The number of thiazole rings is 1. The van der Waals surface area contributed by atoms with E-state index in [0.717, 1.165) is 43.6 Å². The molecule has 7 rings (SSSR count). The molecular formula is C30H20FN3O4S3. The Morgan fingerprint density at radius 2 is 1.68 bits per heavy atom. The lowest BCUT2D eigenvalue weighted by atomic mass is 9.87. The number of rotatable bonds is 5. The molecule has 1 fully saturated rings. The summed E-state index contributed by atoms with van der Waals surface area (Å²) in [6.07, 6.45) is 0. The lowest BCUT2D eigenvalue weighted by molar-refractivity contribution is -0.122. The van der Waals surface area contributed by atoms with Crippen LogP contribution in [0.1, 0.15) is 15.7 Å². The second-order valence-corrected chi connectivity index (χ2v) is 12.8. The molecule has 2 aromatic heterocycles. The lowest BCUT2D eigenvalue weighted by Crippen LogP contribution is -2.32. The van der Waals surface area contributed by atoms with Crippen molar-refractivity contribution in [3.05, 3.63) is 109 Å². The van der Waals surface area contributed by atoms with Crippen LogP contribution in [0.3, 0.4) is 0 Å². The number of halogens is 1. The van der Waals surface area contributed by atoms with Gasteiger partial charge in [0.1, 0.15) is 17.6 Å². The van der Waals surface area contributed by atoms with Gasteiger partial charge in [-0.15, -0.1) is 11.3 Å². The minimum Gasteiger partial charge on any atom is -0.324 e. The van der Waals surface area contributed by atoms with Crippen LogP contribution in [0.4, 0.5) is 15.8 Å². The van der Waals surface area contributed by atoms with Gasteiger partial charge in [-0.1, -0.05) is 65.6 Å². The molecule has 1 saturated heterocycles. The number of nitrogens with one attached hydrogen (secondary N) is 1. The minimum absolute atomic E-state index is 0.237. The number of thiophene rings is 1. The molecule has 0 aliphatic carbocycles. The highest BCUT2D eigenvalue weighted by Crippen LogP contribution is 2.54. The first kappa shape index (κ1) is 25.9. The molecule has 2 aliphatic heterocycles. The summed E-state index contributed by atoms with van der Waals surface area (Å²) < 4.78 is 15.0. The standard InChI is InChI=1S/C30H20FN3O4S3/c31-17-10-12-18(13-11-17)34-27(36)24-23(21-9-4-14-39-21)26-29(40-25(24)28(34)37)33(30(38)41-26)15-22(35)32-20-8-3-6-16-5-1-2-7-19(16)20/h1-14,23-25H,15H2,(H,32,35)/t23-,24?,25?/m1/s1. The Morgan fingerprint density at radius 1 is 0.902 bits per heavy atom. The van der Waals surface area contributed by atoms with Crippen LogP contribution in [-0.2, 0) is 20.9 Å². The monoisotopic (exact) mass is 601 g/mol. The van der Waals surface area contributed by atoms with Gasteiger partial charge in [0, 0.05) is 26.7 Å². The van der Waals surface area contributed by atoms with Crippen LogP contribution in [0, 0.1) is 11.7 Å². The number of benzene rings is 3. The molecule has 0 bridgehead atoms. The second kappa shape index (κ2) is 10.1. The van der Waals surface area contributed by atoms with Gasteiger partial charge in [-0.2, -0.15) is 0 Å². The van der Waals surface area contributed by atoms with Gasteiger partial charge in [0.15, 0.2) is 0 Å². The summed E-state index contributed by atoms with van der Waals surface area (Å²) in [6, 6.07) is 22.3. The number of hydrogen-bond acceptors (Lipinski definition) is 7. The van der Waals surface area contributed by atoms with E-state index in [1.807, 2.05) is 60.0 Å². The Morgan fingerprint density at radius 3 is 2.46 bits per heavy atom. The van der Waals surface area contributed by atoms with E-state index in [2.05, 4.69) is 5.32 Å². The van der Waals surface area contributed by atoms with E-state index in [9.17, 15) is 23.6 Å². The smallest absolute Gasteiger partial charge is 0.308 e. The molecule has 0 radical (unpaired) electrons. The molecule has 5 aromatic rings. The molecule has 0 saturated carbocycles. The van der Waals surface area contributed by atoms with Crippen molar-refractivity contribution in [1.29, 1.82) is 0 Å². The topological polar surface area (TPSA) is 88.5 Å². The number of nitrogens with zero attached hydrogens (tertiary/aromatic N) is 2. The molecule has 3 amide bonds. The first-order valence-corrected chi connectivity index (χ1v) is 15.3. The van der Waals surface area contributed by atoms with Gasteiger partial charge in [0.25, 0.3) is 0 Å². The van der Waals surface area contributed by atoms with Crippen molar-refractivity contribution in [2.24, 2.45) is 5.92 Å². The zero-order chi connectivity index (χ0) is 28.2. The fraction of sp³-hybridized carbons (Fsp3) is 0.133. The maximum Gasteiger partial charge on any atom is 0.308 e. The molecule has 7 nitrogen and oxygen atoms in total. The van der Waals surface area contributed by atoms with Gasteiger partial charge in [0.05, 0.1) is 16.6 Å². The third-order valence-electron chi connectivity index (χ3n) is 7.35. The summed E-state index contributed by atoms with van der Waals surface area (Å²) >= 11 is 3.61. The maximum absolute atomic E-state index is 13.8. The van der Waals surface area contributed by atoms with Crippen molar-refractivity contribution in [3.8, 4) is 0 Å². The van der Waals surface area contributed by atoms with Crippen molar-refractivity contribution < 1.29 is 18.8 Å². The van der Waals surface area contributed by atoms with Gasteiger partial charge in [-0.25, -0.2) is 9.29 Å². The number of fused-ring (bicyclic) bond motifs is 3. The highest BCUT2D eigenvalue weighted by atomic mass is 32.2. The summed E-state index contributed by atoms with van der Waals surface area (Å²) in [5, 5.41) is 6.41. The fourth-order valence-corrected chi connectivity index (χ4v) is 9.26. The average molecular weight is 602 g/mol. The summed E-state index contributed by atoms with van der Waals surface area (Å²) in [5.41, 5.74) is 0.942. The van der Waals surface area contributed by atoms with Gasteiger partial charge in [-0.05, 0) is 47.2 Å². The highest BCUT2D eigenvalue weighted by Gasteiger charge is 2.57. The molecule has 11 heteroatoms. The molecule has 2 unspecified atom stereocenters. The number of imide groups is 1. The predicted molar refractivity (Wildman–Crippen MR) is 159 cm³/mol. The number of carbonyl (C=O) groups excluding carboxylic acids is 3. The summed E-state index contributed by atoms with van der Waals surface area (Å²) in [6.45, 7) is -0.237. The molecule has 0 spiro atoms. The van der Waals surface area contributed by atoms with Gasteiger partial charge < -0.3 is 5.32 Å². The van der Waals surface area contributed by atoms with Crippen LogP contribution in [-0.4, -0.2) is 27.5 Å². The highest BCUT2D eigenvalue weighted by molar-refractivity contribution is 8.00. The van der Waals surface area contributed by atoms with Crippen molar-refractivity contribution in [2.45, 2.75) is 22.7 Å². The van der Waals surface area contributed by atoms with Crippen molar-refractivity contribution in [3.63, 3.8) is 0 Å². The number of thioether (sulfide) groups is 1. The average Bonchev–Trinajstić information content (AvgIpc) is 3.67. The molecule has 204 valence electrons. The third kappa shape index (κ3) is 4.32. The first-order chi connectivity index (χ1) is 19.9. The summed E-state index contributed by atoms with van der Waals surface area (Å²) in [4.78, 5) is 56.4. The number of anilines is 2. The Hall–Kier alpha value is -4.06. The van der Waals surface area contributed by atoms with Crippen LogP contribution in [0.25, 0.3) is 10.8 Å². The Balaban J connectivity index is 1.25. The van der Waals surface area contributed by atoms with E-state index in [4.69, 9.17) is 0 Å². The molecule has 41 heavy (non-hydrogen) atoms. The number of carbonyl (C=O) groups is 3. The van der Waals surface area contributed by atoms with E-state index in [1.165, 1.54) is 40.2 Å². The molecule has 3 atom stereocenters. The van der Waals surface area contributed by atoms with E-state index in [-0.39, 0.29) is 23.2 Å². The fourth-order valence-electron chi connectivity index (χ4n) is 5.54. The molecule has 3 aromatic carbocycles. The Labute approximate surface area is 245 Å². The van der Waals surface area contributed by atoms with Crippen molar-refractivity contribution in [1.82, 2.24) is 4.57 Å². The Bertz CT molecular complexity index is 1890. The largest absolute Gasteiger partial charge is 0.324 e. The minimum atomic E-state index is -0.798. The lowest BCUT2D eigenvalue weighted by Gasteiger charge is -2.29. The number of aromatic nitrogens is 1. The zero-order valence-corrected chi connectivity index (χ0v) is 23.6. The number of hydrogen-bond donors (Lipinski definition) is 1. The predicted octanol–water partition coefficient (Wildman–Crippen LogP) is 5.70. The second-order valence-electron chi connectivity index (χ2n) is 9.74. The van der Waals surface area contributed by atoms with E-state index < -0.39 is 28.8 Å². The van der Waals surface area contributed by atoms with Crippen LogP contribution in [0.5, 0.6) is 0 Å². The SMILES string of the molecule is O=C(Cn1c2c(sc1=O)[C@H](c1cccs1)C1C(=O)N(c3ccc(F)cc3)C(=O)C1S2)Nc1cccc2ccccc12. The first-order valence-electron chi connectivity index (χ1n) is 12.8. The van der Waals surface area contributed by atoms with E-state index in [1.54, 1.807) is 0 Å². The van der Waals surface area contributed by atoms with Crippen molar-refractivity contribution >= 4 is 74.3 Å². The maximum atomic E-state index is 13.8. The van der Waals surface area contributed by atoms with Crippen LogP contribution >= 0.6 is 34.4 Å². The summed E-state index contributed by atoms with van der Waals surface area (Å²) in [7, 11) is 0. The molecule has 1 N–H and O–H groups in total. The van der Waals surface area contributed by atoms with Gasteiger partial charge in [0.2, 0.25) is 17.7 Å². The van der Waals surface area contributed by atoms with Gasteiger partial charge >= 0.3 is 4.87 Å². The Kier molecular flexibility index (Phi) is 6.37.